The monoisotopic (exact) mass is 442 g/mol. The predicted molar refractivity (Wildman–Crippen MR) is 130 cm³/mol. The molecule has 5 heteroatoms. The molecule has 1 aromatic heterocycles. The zero-order valence-electron chi connectivity index (χ0n) is 18.1. The summed E-state index contributed by atoms with van der Waals surface area (Å²) >= 11 is 0. The first-order valence-corrected chi connectivity index (χ1v) is 12.8. The van der Waals surface area contributed by atoms with Crippen molar-refractivity contribution >= 4 is 37.1 Å². The highest BCUT2D eigenvalue weighted by molar-refractivity contribution is 7.91. The van der Waals surface area contributed by atoms with Gasteiger partial charge in [-0.3, -0.25) is 4.90 Å². The second-order valence-electron chi connectivity index (χ2n) is 9.03. The maximum absolute atomic E-state index is 14.2. The summed E-state index contributed by atoms with van der Waals surface area (Å²) in [5.74, 6) is 0. The van der Waals surface area contributed by atoms with Gasteiger partial charge in [0.1, 0.15) is 5.03 Å². The fourth-order valence-corrected chi connectivity index (χ4v) is 7.24. The highest BCUT2D eigenvalue weighted by Gasteiger charge is 2.33. The molecule has 0 aliphatic carbocycles. The first-order valence-electron chi connectivity index (χ1n) is 11.3. The maximum Gasteiger partial charge on any atom is 0.223 e. The number of fused-ring (bicyclic) bond motifs is 3. The molecule has 2 aliphatic heterocycles. The largest absolute Gasteiger partial charge is 0.345 e. The second kappa shape index (κ2) is 7.32. The number of hydrogen-bond acceptors (Lipinski definition) is 3. The van der Waals surface area contributed by atoms with Crippen molar-refractivity contribution in [1.82, 2.24) is 9.88 Å². The summed E-state index contributed by atoms with van der Waals surface area (Å²) in [4.78, 5) is 6.23. The molecule has 4 nitrogen and oxygen atoms in total. The first kappa shape index (κ1) is 19.8. The van der Waals surface area contributed by atoms with Crippen LogP contribution in [0.1, 0.15) is 30.4 Å². The van der Waals surface area contributed by atoms with Crippen molar-refractivity contribution in [1.29, 1.82) is 0 Å². The zero-order valence-corrected chi connectivity index (χ0v) is 19.0. The van der Waals surface area contributed by atoms with Gasteiger partial charge in [0.15, 0.2) is 0 Å². The standard InChI is InChI=1S/C27H26N2O2S/c1-18-7-4-12-23-25(20-14-16-29-15-6-10-21(29)17-20)27(28-26(18)23)32(30,31)24-13-5-9-19-8-2-3-11-22(19)24/h2-5,7-9,11-14,21,28H,6,10,15-17H2,1H3. The fourth-order valence-electron chi connectivity index (χ4n) is 5.54. The van der Waals surface area contributed by atoms with Gasteiger partial charge in [-0.1, -0.05) is 60.7 Å². The summed E-state index contributed by atoms with van der Waals surface area (Å²) in [5.41, 5.74) is 3.99. The molecule has 3 heterocycles. The van der Waals surface area contributed by atoms with Crippen molar-refractivity contribution in [2.24, 2.45) is 0 Å². The Morgan fingerprint density at radius 1 is 0.969 bits per heavy atom. The molecule has 1 N–H and O–H groups in total. The van der Waals surface area contributed by atoms with Crippen LogP contribution in [0.5, 0.6) is 0 Å². The fraction of sp³-hybridized carbons (Fsp3) is 0.259. The van der Waals surface area contributed by atoms with Crippen LogP contribution < -0.4 is 0 Å². The Kier molecular flexibility index (Phi) is 4.52. The number of aromatic nitrogens is 1. The molecule has 162 valence electrons. The lowest BCUT2D eigenvalue weighted by Gasteiger charge is -2.29. The van der Waals surface area contributed by atoms with Crippen LogP contribution in [-0.4, -0.2) is 37.4 Å². The average molecular weight is 443 g/mol. The molecular weight excluding hydrogens is 416 g/mol. The van der Waals surface area contributed by atoms with Crippen molar-refractivity contribution in [2.45, 2.75) is 42.1 Å². The van der Waals surface area contributed by atoms with Crippen LogP contribution in [0.3, 0.4) is 0 Å². The summed E-state index contributed by atoms with van der Waals surface area (Å²) in [5, 5.41) is 3.02. The molecule has 1 atom stereocenters. The van der Waals surface area contributed by atoms with E-state index in [0.29, 0.717) is 16.0 Å². The van der Waals surface area contributed by atoms with Crippen LogP contribution in [0.2, 0.25) is 0 Å². The molecule has 1 unspecified atom stereocenters. The lowest BCUT2D eigenvalue weighted by Crippen LogP contribution is -2.33. The molecule has 3 aromatic carbocycles. The average Bonchev–Trinajstić information content (AvgIpc) is 3.44. The minimum absolute atomic E-state index is 0.329. The van der Waals surface area contributed by atoms with E-state index in [2.05, 4.69) is 22.0 Å². The van der Waals surface area contributed by atoms with Crippen molar-refractivity contribution in [3.8, 4) is 0 Å². The highest BCUT2D eigenvalue weighted by Crippen LogP contribution is 2.41. The van der Waals surface area contributed by atoms with Gasteiger partial charge in [-0.05, 0) is 55.3 Å². The van der Waals surface area contributed by atoms with Crippen molar-refractivity contribution in [2.75, 3.05) is 13.1 Å². The van der Waals surface area contributed by atoms with Crippen molar-refractivity contribution < 1.29 is 8.42 Å². The molecule has 0 saturated carbocycles. The summed E-state index contributed by atoms with van der Waals surface area (Å²) in [7, 11) is -3.76. The molecule has 6 rings (SSSR count). The van der Waals surface area contributed by atoms with E-state index in [-0.39, 0.29) is 0 Å². The number of para-hydroxylation sites is 1. The van der Waals surface area contributed by atoms with Gasteiger partial charge in [-0.2, -0.15) is 0 Å². The lowest BCUT2D eigenvalue weighted by molar-refractivity contribution is 0.275. The van der Waals surface area contributed by atoms with Crippen molar-refractivity contribution in [3.63, 3.8) is 0 Å². The third-order valence-corrected chi connectivity index (χ3v) is 8.94. The maximum atomic E-state index is 14.2. The first-order chi connectivity index (χ1) is 15.5. The molecular formula is C27H26N2O2S. The van der Waals surface area contributed by atoms with Gasteiger partial charge in [0.05, 0.1) is 4.90 Å². The summed E-state index contributed by atoms with van der Waals surface area (Å²) < 4.78 is 28.3. The summed E-state index contributed by atoms with van der Waals surface area (Å²) in [6.45, 7) is 4.07. The number of rotatable bonds is 3. The number of aryl methyl sites for hydroxylation is 1. The molecule has 0 bridgehead atoms. The quantitative estimate of drug-likeness (QED) is 0.442. The van der Waals surface area contributed by atoms with Gasteiger partial charge >= 0.3 is 0 Å². The molecule has 0 amide bonds. The molecule has 1 fully saturated rings. The van der Waals surface area contributed by atoms with Crippen LogP contribution in [0, 0.1) is 6.92 Å². The van der Waals surface area contributed by atoms with Crippen molar-refractivity contribution in [3.05, 3.63) is 77.9 Å². The molecule has 4 aromatic rings. The van der Waals surface area contributed by atoms with Crippen LogP contribution in [0.25, 0.3) is 27.2 Å². The smallest absolute Gasteiger partial charge is 0.223 e. The number of aromatic amines is 1. The van der Waals surface area contributed by atoms with E-state index in [9.17, 15) is 8.42 Å². The number of sulfone groups is 1. The van der Waals surface area contributed by atoms with E-state index in [0.717, 1.165) is 57.9 Å². The van der Waals surface area contributed by atoms with Crippen LogP contribution in [0.4, 0.5) is 0 Å². The zero-order chi connectivity index (χ0) is 21.9. The Hall–Kier alpha value is -2.89. The number of nitrogens with zero attached hydrogens (tertiary/aromatic N) is 1. The Balaban J connectivity index is 1.61. The van der Waals surface area contributed by atoms with Gasteiger partial charge in [-0.15, -0.1) is 0 Å². The van der Waals surface area contributed by atoms with E-state index in [1.165, 1.54) is 12.8 Å². The van der Waals surface area contributed by atoms with E-state index in [1.807, 2.05) is 55.5 Å². The molecule has 32 heavy (non-hydrogen) atoms. The number of nitrogens with one attached hydrogen (secondary N) is 1. The highest BCUT2D eigenvalue weighted by atomic mass is 32.2. The molecule has 1 saturated heterocycles. The van der Waals surface area contributed by atoms with Gasteiger partial charge in [-0.25, -0.2) is 8.42 Å². The minimum atomic E-state index is -3.76. The van der Waals surface area contributed by atoms with Gasteiger partial charge in [0, 0.05) is 34.4 Å². The van der Waals surface area contributed by atoms with Gasteiger partial charge in [0.25, 0.3) is 0 Å². The topological polar surface area (TPSA) is 53.2 Å². The number of benzene rings is 3. The Morgan fingerprint density at radius 3 is 2.66 bits per heavy atom. The molecule has 0 spiro atoms. The second-order valence-corrected chi connectivity index (χ2v) is 10.9. The minimum Gasteiger partial charge on any atom is -0.345 e. The normalized spacial score (nSPS) is 19.4. The predicted octanol–water partition coefficient (Wildman–Crippen LogP) is 5.71. The van der Waals surface area contributed by atoms with E-state index in [1.54, 1.807) is 6.07 Å². The Labute approximate surface area is 188 Å². The van der Waals surface area contributed by atoms with E-state index >= 15 is 0 Å². The van der Waals surface area contributed by atoms with E-state index < -0.39 is 9.84 Å². The third kappa shape index (κ3) is 2.95. The molecule has 0 radical (unpaired) electrons. The van der Waals surface area contributed by atoms with E-state index in [4.69, 9.17) is 0 Å². The van der Waals surface area contributed by atoms with Crippen LogP contribution >= 0.6 is 0 Å². The third-order valence-electron chi connectivity index (χ3n) is 7.16. The summed E-state index contributed by atoms with van der Waals surface area (Å²) in [6.07, 6.45) is 5.55. The van der Waals surface area contributed by atoms with Crippen LogP contribution in [-0.2, 0) is 9.84 Å². The van der Waals surface area contributed by atoms with Gasteiger partial charge < -0.3 is 4.98 Å². The van der Waals surface area contributed by atoms with Crippen LogP contribution in [0.15, 0.2) is 76.7 Å². The molecule has 2 aliphatic rings. The summed E-state index contributed by atoms with van der Waals surface area (Å²) in [6, 6.07) is 19.8. The Bertz CT molecular complexity index is 1490. The van der Waals surface area contributed by atoms with Gasteiger partial charge in [0.2, 0.25) is 9.84 Å². The SMILES string of the molecule is Cc1cccc2c(C3=CCN4CCCC4C3)c(S(=O)(=O)c3cccc4ccccc34)[nH]c12. The number of hydrogen-bond donors (Lipinski definition) is 1. The number of H-pyrrole nitrogens is 1. The lowest BCUT2D eigenvalue weighted by atomic mass is 9.93. The Morgan fingerprint density at radius 2 is 1.75 bits per heavy atom.